The fourth-order valence-corrected chi connectivity index (χ4v) is 3.68. The lowest BCUT2D eigenvalue weighted by atomic mass is 10.0. The molecule has 1 aliphatic rings. The number of likely N-dealkylation sites (tertiary alicyclic amines) is 1. The van der Waals surface area contributed by atoms with Gasteiger partial charge < -0.3 is 14.7 Å². The van der Waals surface area contributed by atoms with E-state index in [0.717, 1.165) is 55.4 Å². The molecular weight excluding hydrogens is 316 g/mol. The Labute approximate surface area is 149 Å². The molecule has 2 aromatic rings. The topological polar surface area (TPSA) is 63.3 Å². The van der Waals surface area contributed by atoms with Gasteiger partial charge in [-0.3, -0.25) is 9.36 Å². The van der Waals surface area contributed by atoms with Crippen LogP contribution in [0.15, 0.2) is 16.7 Å². The van der Waals surface area contributed by atoms with Gasteiger partial charge in [0.2, 0.25) is 0 Å². The van der Waals surface area contributed by atoms with E-state index in [4.69, 9.17) is 4.52 Å². The van der Waals surface area contributed by atoms with Gasteiger partial charge >= 0.3 is 0 Å². The van der Waals surface area contributed by atoms with E-state index < -0.39 is 0 Å². The Morgan fingerprint density at radius 2 is 2.00 bits per heavy atom. The summed E-state index contributed by atoms with van der Waals surface area (Å²) in [5.74, 6) is 1.49. The standard InChI is InChI=1S/C19H28N4O2/c1-5-8-22-9-6-16(7-10-22)20-19(24)17-11-13(2)23(15(17)4)18-12-14(3)25-21-18/h11-12,16H,5-10H2,1-4H3,(H,20,24). The predicted octanol–water partition coefficient (Wildman–Crippen LogP) is 2.99. The van der Waals surface area contributed by atoms with Crippen LogP contribution in [0.2, 0.25) is 0 Å². The van der Waals surface area contributed by atoms with E-state index in [-0.39, 0.29) is 11.9 Å². The number of carbonyl (C=O) groups is 1. The van der Waals surface area contributed by atoms with E-state index in [0.29, 0.717) is 5.56 Å². The quantitative estimate of drug-likeness (QED) is 0.906. The van der Waals surface area contributed by atoms with Gasteiger partial charge in [0.15, 0.2) is 5.82 Å². The van der Waals surface area contributed by atoms with Crippen LogP contribution >= 0.6 is 0 Å². The summed E-state index contributed by atoms with van der Waals surface area (Å²) in [5.41, 5.74) is 2.59. The third-order valence-electron chi connectivity index (χ3n) is 4.98. The van der Waals surface area contributed by atoms with Crippen molar-refractivity contribution in [2.24, 2.45) is 0 Å². The number of aryl methyl sites for hydroxylation is 2. The van der Waals surface area contributed by atoms with E-state index in [1.165, 1.54) is 6.42 Å². The normalized spacial score (nSPS) is 16.3. The molecule has 6 heteroatoms. The van der Waals surface area contributed by atoms with E-state index in [1.807, 2.05) is 37.5 Å². The average molecular weight is 344 g/mol. The SMILES string of the molecule is CCCN1CCC(NC(=O)c2cc(C)n(-c3cc(C)on3)c2C)CC1. The smallest absolute Gasteiger partial charge is 0.253 e. The van der Waals surface area contributed by atoms with Crippen LogP contribution in [0.1, 0.15) is 53.7 Å². The third kappa shape index (κ3) is 3.79. The molecule has 25 heavy (non-hydrogen) atoms. The van der Waals surface area contributed by atoms with Crippen LogP contribution in [0.4, 0.5) is 0 Å². The molecule has 1 amide bonds. The van der Waals surface area contributed by atoms with Crippen molar-refractivity contribution in [1.82, 2.24) is 19.9 Å². The molecule has 1 fully saturated rings. The highest BCUT2D eigenvalue weighted by Gasteiger charge is 2.23. The molecule has 1 saturated heterocycles. The fraction of sp³-hybridized carbons (Fsp3) is 0.579. The molecule has 136 valence electrons. The largest absolute Gasteiger partial charge is 0.360 e. The zero-order chi connectivity index (χ0) is 18.0. The van der Waals surface area contributed by atoms with E-state index in [9.17, 15) is 4.79 Å². The maximum absolute atomic E-state index is 12.8. The lowest BCUT2D eigenvalue weighted by Crippen LogP contribution is -2.44. The summed E-state index contributed by atoms with van der Waals surface area (Å²) < 4.78 is 7.14. The first-order chi connectivity index (χ1) is 12.0. The van der Waals surface area contributed by atoms with Crippen molar-refractivity contribution in [2.45, 2.75) is 53.0 Å². The number of hydrogen-bond acceptors (Lipinski definition) is 4. The minimum absolute atomic E-state index is 0.00788. The molecule has 2 aromatic heterocycles. The summed E-state index contributed by atoms with van der Waals surface area (Å²) in [6.45, 7) is 11.3. The highest BCUT2D eigenvalue weighted by Crippen LogP contribution is 2.21. The molecule has 3 rings (SSSR count). The summed E-state index contributed by atoms with van der Waals surface area (Å²) in [6, 6.07) is 4.07. The highest BCUT2D eigenvalue weighted by atomic mass is 16.5. The second-order valence-corrected chi connectivity index (χ2v) is 7.01. The van der Waals surface area contributed by atoms with Crippen LogP contribution < -0.4 is 5.32 Å². The Kier molecular flexibility index (Phi) is 5.27. The molecule has 0 aliphatic carbocycles. The van der Waals surface area contributed by atoms with Crippen molar-refractivity contribution in [3.63, 3.8) is 0 Å². The maximum Gasteiger partial charge on any atom is 0.253 e. The molecule has 0 radical (unpaired) electrons. The van der Waals surface area contributed by atoms with Crippen molar-refractivity contribution < 1.29 is 9.32 Å². The van der Waals surface area contributed by atoms with Crippen molar-refractivity contribution in [3.8, 4) is 5.82 Å². The molecule has 0 atom stereocenters. The van der Waals surface area contributed by atoms with Gasteiger partial charge in [-0.1, -0.05) is 12.1 Å². The maximum atomic E-state index is 12.8. The van der Waals surface area contributed by atoms with Gasteiger partial charge in [-0.15, -0.1) is 0 Å². The van der Waals surface area contributed by atoms with Crippen LogP contribution in [-0.2, 0) is 0 Å². The molecule has 1 N–H and O–H groups in total. The van der Waals surface area contributed by atoms with Gasteiger partial charge in [0.1, 0.15) is 5.76 Å². The number of aromatic nitrogens is 2. The average Bonchev–Trinajstić information content (AvgIpc) is 3.12. The number of hydrogen-bond donors (Lipinski definition) is 1. The van der Waals surface area contributed by atoms with Crippen LogP contribution in [0.3, 0.4) is 0 Å². The van der Waals surface area contributed by atoms with E-state index in [2.05, 4.69) is 22.3 Å². The molecule has 1 aliphatic heterocycles. The van der Waals surface area contributed by atoms with Gasteiger partial charge in [-0.05, 0) is 52.6 Å². The molecule has 0 aromatic carbocycles. The van der Waals surface area contributed by atoms with Crippen molar-refractivity contribution >= 4 is 5.91 Å². The Hall–Kier alpha value is -2.08. The minimum Gasteiger partial charge on any atom is -0.360 e. The minimum atomic E-state index is 0.00788. The van der Waals surface area contributed by atoms with Crippen molar-refractivity contribution in [3.05, 3.63) is 34.8 Å². The molecule has 0 spiro atoms. The summed E-state index contributed by atoms with van der Waals surface area (Å²) in [5, 5.41) is 7.29. The van der Waals surface area contributed by atoms with Gasteiger partial charge in [0, 0.05) is 36.6 Å². The van der Waals surface area contributed by atoms with Gasteiger partial charge in [-0.25, -0.2) is 0 Å². The Balaban J connectivity index is 1.69. The van der Waals surface area contributed by atoms with Gasteiger partial charge in [-0.2, -0.15) is 0 Å². The van der Waals surface area contributed by atoms with E-state index in [1.54, 1.807) is 0 Å². The summed E-state index contributed by atoms with van der Waals surface area (Å²) >= 11 is 0. The predicted molar refractivity (Wildman–Crippen MR) is 97.3 cm³/mol. The number of piperidine rings is 1. The molecule has 0 bridgehead atoms. The second kappa shape index (κ2) is 7.44. The zero-order valence-corrected chi connectivity index (χ0v) is 15.6. The zero-order valence-electron chi connectivity index (χ0n) is 15.6. The number of amides is 1. The van der Waals surface area contributed by atoms with Crippen LogP contribution in [-0.4, -0.2) is 46.2 Å². The van der Waals surface area contributed by atoms with Gasteiger partial charge in [0.25, 0.3) is 5.91 Å². The lowest BCUT2D eigenvalue weighted by molar-refractivity contribution is 0.0910. The van der Waals surface area contributed by atoms with Crippen molar-refractivity contribution in [1.29, 1.82) is 0 Å². The number of nitrogens with one attached hydrogen (secondary N) is 1. The molecule has 0 saturated carbocycles. The first-order valence-electron chi connectivity index (χ1n) is 9.15. The van der Waals surface area contributed by atoms with E-state index >= 15 is 0 Å². The Morgan fingerprint density at radius 1 is 1.28 bits per heavy atom. The molecular formula is C19H28N4O2. The summed E-state index contributed by atoms with van der Waals surface area (Å²) in [6.07, 6.45) is 3.23. The number of rotatable bonds is 5. The van der Waals surface area contributed by atoms with Crippen molar-refractivity contribution in [2.75, 3.05) is 19.6 Å². The third-order valence-corrected chi connectivity index (χ3v) is 4.98. The fourth-order valence-electron chi connectivity index (χ4n) is 3.68. The first-order valence-corrected chi connectivity index (χ1v) is 9.15. The number of carbonyl (C=O) groups excluding carboxylic acids is 1. The lowest BCUT2D eigenvalue weighted by Gasteiger charge is -2.32. The highest BCUT2D eigenvalue weighted by molar-refractivity contribution is 5.96. The van der Waals surface area contributed by atoms with Crippen LogP contribution in [0.25, 0.3) is 5.82 Å². The second-order valence-electron chi connectivity index (χ2n) is 7.01. The van der Waals surface area contributed by atoms with Crippen LogP contribution in [0, 0.1) is 20.8 Å². The molecule has 3 heterocycles. The number of nitrogens with zero attached hydrogens (tertiary/aromatic N) is 3. The molecule has 6 nitrogen and oxygen atoms in total. The van der Waals surface area contributed by atoms with Gasteiger partial charge in [0.05, 0.1) is 5.56 Å². The van der Waals surface area contributed by atoms with Crippen LogP contribution in [0.5, 0.6) is 0 Å². The Morgan fingerprint density at radius 3 is 2.60 bits per heavy atom. The summed E-state index contributed by atoms with van der Waals surface area (Å²) in [7, 11) is 0. The Bertz CT molecular complexity index is 739. The monoisotopic (exact) mass is 344 g/mol. The first kappa shape index (κ1) is 17.7. The summed E-state index contributed by atoms with van der Waals surface area (Å²) in [4.78, 5) is 15.2. The molecule has 0 unspecified atom stereocenters.